The number of halogens is 3. The first kappa shape index (κ1) is 16.8. The molecule has 0 spiro atoms. The molecule has 2 N–H and O–H groups in total. The molecule has 1 aromatic rings. The number of likely N-dealkylation sites (tertiary alicyclic amines) is 1. The highest BCUT2D eigenvalue weighted by Gasteiger charge is 2.53. The first-order valence-corrected chi connectivity index (χ1v) is 6.53. The molecule has 23 heavy (non-hydrogen) atoms. The van der Waals surface area contributed by atoms with Crippen molar-refractivity contribution in [2.75, 3.05) is 13.1 Å². The van der Waals surface area contributed by atoms with Crippen LogP contribution in [0.4, 0.5) is 13.2 Å². The van der Waals surface area contributed by atoms with Crippen LogP contribution >= 0.6 is 0 Å². The molecule has 1 heterocycles. The summed E-state index contributed by atoms with van der Waals surface area (Å²) in [5.41, 5.74) is -0.283. The molecule has 6 nitrogen and oxygen atoms in total. The molecule has 0 aromatic heterocycles. The summed E-state index contributed by atoms with van der Waals surface area (Å²) in [7, 11) is 0. The number of carbonyl (C=O) groups is 3. The van der Waals surface area contributed by atoms with Gasteiger partial charge in [0.05, 0.1) is 17.4 Å². The summed E-state index contributed by atoms with van der Waals surface area (Å²) in [6, 6.07) is 4.84. The van der Waals surface area contributed by atoms with Crippen LogP contribution in [0.5, 0.6) is 0 Å². The summed E-state index contributed by atoms with van der Waals surface area (Å²) >= 11 is 0. The van der Waals surface area contributed by atoms with Crippen LogP contribution in [-0.2, 0) is 4.79 Å². The van der Waals surface area contributed by atoms with Crippen molar-refractivity contribution in [3.05, 3.63) is 35.4 Å². The lowest BCUT2D eigenvalue weighted by molar-refractivity contribution is -0.187. The quantitative estimate of drug-likeness (QED) is 0.879. The zero-order valence-corrected chi connectivity index (χ0v) is 11.6. The molecule has 124 valence electrons. The van der Waals surface area contributed by atoms with Crippen molar-refractivity contribution in [3.8, 4) is 0 Å². The Balaban J connectivity index is 2.25. The minimum absolute atomic E-state index is 0.100. The molecule has 0 radical (unpaired) electrons. The van der Waals surface area contributed by atoms with Crippen LogP contribution in [0.2, 0.25) is 0 Å². The van der Waals surface area contributed by atoms with Crippen molar-refractivity contribution in [2.45, 2.75) is 6.18 Å². The van der Waals surface area contributed by atoms with Crippen molar-refractivity contribution >= 4 is 17.8 Å². The molecule has 1 aromatic carbocycles. The molecule has 0 saturated carbocycles. The molecule has 1 saturated heterocycles. The monoisotopic (exact) mass is 331 g/mol. The number of alkyl halides is 3. The lowest BCUT2D eigenvalue weighted by atomic mass is 9.96. The SMILES string of the molecule is O=C(O)c1cccc(C(=O)N2C[C@@H](C(F)(F)F)[C@H](C(=O)O)C2)c1. The van der Waals surface area contributed by atoms with E-state index in [2.05, 4.69) is 0 Å². The number of aliphatic carboxylic acids is 1. The molecule has 2 atom stereocenters. The van der Waals surface area contributed by atoms with Crippen molar-refractivity contribution in [2.24, 2.45) is 11.8 Å². The van der Waals surface area contributed by atoms with Crippen molar-refractivity contribution < 1.29 is 37.8 Å². The normalized spacial score (nSPS) is 21.3. The molecule has 1 fully saturated rings. The Labute approximate surface area is 128 Å². The van der Waals surface area contributed by atoms with Crippen LogP contribution in [0.15, 0.2) is 24.3 Å². The lowest BCUT2D eigenvalue weighted by Gasteiger charge is -2.18. The second-order valence-electron chi connectivity index (χ2n) is 5.19. The summed E-state index contributed by atoms with van der Waals surface area (Å²) in [5, 5.41) is 17.8. The van der Waals surface area contributed by atoms with Gasteiger partial charge in [-0.1, -0.05) is 6.07 Å². The Morgan fingerprint density at radius 2 is 1.70 bits per heavy atom. The van der Waals surface area contributed by atoms with Gasteiger partial charge in [0.25, 0.3) is 5.91 Å². The highest BCUT2D eigenvalue weighted by molar-refractivity contribution is 5.97. The topological polar surface area (TPSA) is 94.9 Å². The molecule has 1 amide bonds. The van der Waals surface area contributed by atoms with Gasteiger partial charge in [0, 0.05) is 18.7 Å². The molecule has 1 aliphatic rings. The standard InChI is InChI=1S/C14H12F3NO5/c15-14(16,17)10-6-18(5-9(10)13(22)23)11(19)7-2-1-3-8(4-7)12(20)21/h1-4,9-10H,5-6H2,(H,20,21)(H,22,23)/t9-,10-/m1/s1. The molecule has 1 aliphatic heterocycles. The average Bonchev–Trinajstić information content (AvgIpc) is 2.92. The van der Waals surface area contributed by atoms with Gasteiger partial charge in [-0.05, 0) is 18.2 Å². The van der Waals surface area contributed by atoms with E-state index >= 15 is 0 Å². The first-order valence-electron chi connectivity index (χ1n) is 6.53. The van der Waals surface area contributed by atoms with Gasteiger partial charge in [-0.2, -0.15) is 13.2 Å². The number of hydrogen-bond acceptors (Lipinski definition) is 3. The van der Waals surface area contributed by atoms with Crippen molar-refractivity contribution in [3.63, 3.8) is 0 Å². The van der Waals surface area contributed by atoms with E-state index in [0.717, 1.165) is 11.0 Å². The average molecular weight is 331 g/mol. The molecular formula is C14H12F3NO5. The van der Waals surface area contributed by atoms with Gasteiger partial charge >= 0.3 is 18.1 Å². The van der Waals surface area contributed by atoms with E-state index in [1.54, 1.807) is 0 Å². The number of carboxylic acid groups (broad SMARTS) is 2. The van der Waals surface area contributed by atoms with E-state index in [1.165, 1.54) is 18.2 Å². The zero-order chi connectivity index (χ0) is 17.4. The van der Waals surface area contributed by atoms with Gasteiger partial charge in [-0.3, -0.25) is 9.59 Å². The minimum atomic E-state index is -4.74. The minimum Gasteiger partial charge on any atom is -0.481 e. The number of rotatable bonds is 3. The Kier molecular flexibility index (Phi) is 4.31. The number of benzene rings is 1. The second-order valence-corrected chi connectivity index (χ2v) is 5.19. The maximum atomic E-state index is 12.9. The van der Waals surface area contributed by atoms with E-state index in [0.29, 0.717) is 0 Å². The van der Waals surface area contributed by atoms with Gasteiger partial charge in [0.15, 0.2) is 0 Å². The fourth-order valence-corrected chi connectivity index (χ4v) is 2.52. The van der Waals surface area contributed by atoms with Crippen LogP contribution < -0.4 is 0 Å². The molecule has 9 heteroatoms. The van der Waals surface area contributed by atoms with Crippen LogP contribution in [0.3, 0.4) is 0 Å². The maximum absolute atomic E-state index is 12.9. The van der Waals surface area contributed by atoms with Crippen LogP contribution in [0.25, 0.3) is 0 Å². The van der Waals surface area contributed by atoms with Crippen LogP contribution in [0.1, 0.15) is 20.7 Å². The van der Waals surface area contributed by atoms with E-state index < -0.39 is 48.9 Å². The lowest BCUT2D eigenvalue weighted by Crippen LogP contribution is -2.34. The number of amides is 1. The summed E-state index contributed by atoms with van der Waals surface area (Å²) in [6.45, 7) is -1.34. The molecular weight excluding hydrogens is 319 g/mol. The predicted molar refractivity (Wildman–Crippen MR) is 70.0 cm³/mol. The van der Waals surface area contributed by atoms with Gasteiger partial charge < -0.3 is 15.1 Å². The third kappa shape index (κ3) is 3.43. The summed E-state index contributed by atoms with van der Waals surface area (Å²) < 4.78 is 38.7. The van der Waals surface area contributed by atoms with Crippen LogP contribution in [0, 0.1) is 11.8 Å². The van der Waals surface area contributed by atoms with Gasteiger partial charge in [0.1, 0.15) is 0 Å². The van der Waals surface area contributed by atoms with E-state index in [9.17, 15) is 27.6 Å². The molecule has 0 unspecified atom stereocenters. The smallest absolute Gasteiger partial charge is 0.394 e. The van der Waals surface area contributed by atoms with Gasteiger partial charge in [-0.15, -0.1) is 0 Å². The number of carbonyl (C=O) groups excluding carboxylic acids is 1. The number of carboxylic acids is 2. The van der Waals surface area contributed by atoms with E-state index in [4.69, 9.17) is 10.2 Å². The summed E-state index contributed by atoms with van der Waals surface area (Å²) in [6.07, 6.45) is -4.74. The number of aromatic carboxylic acids is 1. The Morgan fingerprint density at radius 3 is 2.17 bits per heavy atom. The third-order valence-electron chi connectivity index (χ3n) is 3.70. The van der Waals surface area contributed by atoms with Gasteiger partial charge in [0.2, 0.25) is 0 Å². The molecule has 0 bridgehead atoms. The van der Waals surface area contributed by atoms with Crippen molar-refractivity contribution in [1.29, 1.82) is 0 Å². The predicted octanol–water partition coefficient (Wildman–Crippen LogP) is 1.72. The highest BCUT2D eigenvalue weighted by atomic mass is 19.4. The van der Waals surface area contributed by atoms with Gasteiger partial charge in [-0.25, -0.2) is 4.79 Å². The fourth-order valence-electron chi connectivity index (χ4n) is 2.52. The Morgan fingerprint density at radius 1 is 1.09 bits per heavy atom. The van der Waals surface area contributed by atoms with E-state index in [-0.39, 0.29) is 11.1 Å². The molecule has 2 rings (SSSR count). The Bertz CT molecular complexity index is 658. The fraction of sp³-hybridized carbons (Fsp3) is 0.357. The summed E-state index contributed by atoms with van der Waals surface area (Å²) in [4.78, 5) is 34.9. The largest absolute Gasteiger partial charge is 0.481 e. The van der Waals surface area contributed by atoms with Crippen molar-refractivity contribution in [1.82, 2.24) is 4.90 Å². The zero-order valence-electron chi connectivity index (χ0n) is 11.6. The highest BCUT2D eigenvalue weighted by Crippen LogP contribution is 2.38. The maximum Gasteiger partial charge on any atom is 0.394 e. The molecule has 0 aliphatic carbocycles. The van der Waals surface area contributed by atoms with Crippen LogP contribution in [-0.4, -0.2) is 52.2 Å². The number of hydrogen-bond donors (Lipinski definition) is 2. The third-order valence-corrected chi connectivity index (χ3v) is 3.70. The summed E-state index contributed by atoms with van der Waals surface area (Å²) in [5.74, 6) is -7.61. The number of nitrogens with zero attached hydrogens (tertiary/aromatic N) is 1. The first-order chi connectivity index (χ1) is 10.6. The second kappa shape index (κ2) is 5.90. The Hall–Kier alpha value is -2.58. The van der Waals surface area contributed by atoms with E-state index in [1.807, 2.05) is 0 Å².